The molecule has 1 aliphatic heterocycles. The summed E-state index contributed by atoms with van der Waals surface area (Å²) in [5.74, 6) is 1.06. The first-order chi connectivity index (χ1) is 9.93. The molecule has 0 radical (unpaired) electrons. The monoisotopic (exact) mass is 330 g/mol. The van der Waals surface area contributed by atoms with Crippen LogP contribution in [0.5, 0.6) is 0 Å². The highest BCUT2D eigenvalue weighted by atomic mass is 35.5. The van der Waals surface area contributed by atoms with Crippen molar-refractivity contribution in [1.82, 2.24) is 8.61 Å². The van der Waals surface area contributed by atoms with Gasteiger partial charge in [-0.3, -0.25) is 0 Å². The maximum atomic E-state index is 12.6. The molecule has 4 nitrogen and oxygen atoms in total. The van der Waals surface area contributed by atoms with Crippen LogP contribution in [0.4, 0.5) is 0 Å². The van der Waals surface area contributed by atoms with Gasteiger partial charge in [-0.25, -0.2) is 0 Å². The lowest BCUT2D eigenvalue weighted by atomic mass is 10.0. The zero-order chi connectivity index (χ0) is 15.5. The third-order valence-corrected chi connectivity index (χ3v) is 6.37. The van der Waals surface area contributed by atoms with Gasteiger partial charge < -0.3 is 0 Å². The third kappa shape index (κ3) is 4.19. The van der Waals surface area contributed by atoms with Gasteiger partial charge in [0.2, 0.25) is 0 Å². The number of piperidine rings is 1. The van der Waals surface area contributed by atoms with Crippen molar-refractivity contribution in [2.75, 3.05) is 26.0 Å². The van der Waals surface area contributed by atoms with Gasteiger partial charge in [0.05, 0.1) is 0 Å². The van der Waals surface area contributed by atoms with Crippen LogP contribution in [0.25, 0.3) is 0 Å². The SMILES string of the molecule is Cc1cccc(CN(C)S(=O)(=O)N2CCC(CCl)CC2)c1. The molecule has 0 amide bonds. The maximum absolute atomic E-state index is 12.6. The van der Waals surface area contributed by atoms with E-state index in [1.165, 1.54) is 4.31 Å². The van der Waals surface area contributed by atoms with Crippen molar-refractivity contribution in [1.29, 1.82) is 0 Å². The Morgan fingerprint density at radius 3 is 2.57 bits per heavy atom. The van der Waals surface area contributed by atoms with E-state index in [4.69, 9.17) is 11.6 Å². The van der Waals surface area contributed by atoms with Crippen LogP contribution in [0.15, 0.2) is 24.3 Å². The van der Waals surface area contributed by atoms with Gasteiger partial charge >= 0.3 is 0 Å². The van der Waals surface area contributed by atoms with Gasteiger partial charge in [0.25, 0.3) is 10.2 Å². The molecule has 0 saturated carbocycles. The molecule has 0 aromatic heterocycles. The van der Waals surface area contributed by atoms with E-state index in [-0.39, 0.29) is 0 Å². The molecular weight excluding hydrogens is 308 g/mol. The Bertz CT molecular complexity index is 569. The molecule has 2 rings (SSSR count). The van der Waals surface area contributed by atoms with Gasteiger partial charge in [0.15, 0.2) is 0 Å². The molecule has 0 unspecified atom stereocenters. The molecule has 0 aliphatic carbocycles. The Labute approximate surface area is 132 Å². The van der Waals surface area contributed by atoms with E-state index in [1.807, 2.05) is 31.2 Å². The van der Waals surface area contributed by atoms with Crippen molar-refractivity contribution >= 4 is 21.8 Å². The van der Waals surface area contributed by atoms with Crippen molar-refractivity contribution in [3.8, 4) is 0 Å². The Morgan fingerprint density at radius 2 is 2.00 bits per heavy atom. The van der Waals surface area contributed by atoms with Crippen molar-refractivity contribution < 1.29 is 8.42 Å². The van der Waals surface area contributed by atoms with Gasteiger partial charge in [-0.2, -0.15) is 17.0 Å². The molecule has 1 heterocycles. The molecule has 0 atom stereocenters. The zero-order valence-electron chi connectivity index (χ0n) is 12.6. The number of aryl methyl sites for hydroxylation is 1. The van der Waals surface area contributed by atoms with E-state index in [1.54, 1.807) is 11.4 Å². The number of benzene rings is 1. The van der Waals surface area contributed by atoms with E-state index in [9.17, 15) is 8.42 Å². The van der Waals surface area contributed by atoms with E-state index >= 15 is 0 Å². The Hall–Kier alpha value is -0.620. The normalized spacial score (nSPS) is 18.3. The first kappa shape index (κ1) is 16.7. The van der Waals surface area contributed by atoms with Crippen LogP contribution in [0, 0.1) is 12.8 Å². The van der Waals surface area contributed by atoms with Crippen LogP contribution in [-0.2, 0) is 16.8 Å². The zero-order valence-corrected chi connectivity index (χ0v) is 14.2. The maximum Gasteiger partial charge on any atom is 0.282 e. The topological polar surface area (TPSA) is 40.6 Å². The molecule has 6 heteroatoms. The first-order valence-corrected chi connectivity index (χ1v) is 9.19. The van der Waals surface area contributed by atoms with Crippen LogP contribution in [0.3, 0.4) is 0 Å². The molecular formula is C15H23ClN2O2S. The standard InChI is InChI=1S/C15H23ClN2O2S/c1-13-4-3-5-15(10-13)12-17(2)21(19,20)18-8-6-14(11-16)7-9-18/h3-5,10,14H,6-9,11-12H2,1-2H3. The molecule has 21 heavy (non-hydrogen) atoms. The van der Waals surface area contributed by atoms with Crippen molar-refractivity contribution in [3.05, 3.63) is 35.4 Å². The molecule has 1 aliphatic rings. The molecule has 0 spiro atoms. The molecule has 1 aromatic rings. The molecule has 0 bridgehead atoms. The highest BCUT2D eigenvalue weighted by Gasteiger charge is 2.30. The Morgan fingerprint density at radius 1 is 1.33 bits per heavy atom. The summed E-state index contributed by atoms with van der Waals surface area (Å²) in [6, 6.07) is 7.94. The molecule has 0 N–H and O–H groups in total. The summed E-state index contributed by atoms with van der Waals surface area (Å²) in [5, 5.41) is 0. The summed E-state index contributed by atoms with van der Waals surface area (Å²) in [6.07, 6.45) is 1.70. The van der Waals surface area contributed by atoms with Gasteiger partial charge in [-0.15, -0.1) is 11.6 Å². The minimum atomic E-state index is -3.38. The molecule has 1 fully saturated rings. The van der Waals surface area contributed by atoms with Crippen LogP contribution in [0.1, 0.15) is 24.0 Å². The largest absolute Gasteiger partial charge is 0.282 e. The van der Waals surface area contributed by atoms with Crippen molar-refractivity contribution in [2.24, 2.45) is 5.92 Å². The van der Waals surface area contributed by atoms with Gasteiger partial charge in [0.1, 0.15) is 0 Å². The molecule has 1 aromatic carbocycles. The van der Waals surface area contributed by atoms with Gasteiger partial charge in [-0.1, -0.05) is 29.8 Å². The number of nitrogens with zero attached hydrogens (tertiary/aromatic N) is 2. The fraction of sp³-hybridized carbons (Fsp3) is 0.600. The lowest BCUT2D eigenvalue weighted by Gasteiger charge is -2.33. The highest BCUT2D eigenvalue weighted by molar-refractivity contribution is 7.86. The van der Waals surface area contributed by atoms with Crippen LogP contribution < -0.4 is 0 Å². The average Bonchev–Trinajstić information content (AvgIpc) is 2.47. The quantitative estimate of drug-likeness (QED) is 0.779. The molecule has 1 saturated heterocycles. The summed E-state index contributed by atoms with van der Waals surface area (Å²) < 4.78 is 28.2. The fourth-order valence-corrected chi connectivity index (χ4v) is 4.33. The number of halogens is 1. The summed E-state index contributed by atoms with van der Waals surface area (Å²) >= 11 is 5.85. The minimum absolute atomic E-state index is 0.402. The van der Waals surface area contributed by atoms with Crippen molar-refractivity contribution in [2.45, 2.75) is 26.3 Å². The number of hydrogen-bond acceptors (Lipinski definition) is 2. The second kappa shape index (κ2) is 7.09. The average molecular weight is 331 g/mol. The molecule has 118 valence electrons. The van der Waals surface area contributed by atoms with E-state index in [0.29, 0.717) is 31.4 Å². The number of alkyl halides is 1. The van der Waals surface area contributed by atoms with Gasteiger partial charge in [-0.05, 0) is 31.2 Å². The minimum Gasteiger partial charge on any atom is -0.195 e. The number of rotatable bonds is 5. The predicted octanol–water partition coefficient (Wildman–Crippen LogP) is 2.62. The van der Waals surface area contributed by atoms with Gasteiger partial charge in [0, 0.05) is 32.6 Å². The summed E-state index contributed by atoms with van der Waals surface area (Å²) in [4.78, 5) is 0. The Balaban J connectivity index is 2.02. The lowest BCUT2D eigenvalue weighted by Crippen LogP contribution is -2.45. The van der Waals surface area contributed by atoms with E-state index in [0.717, 1.165) is 24.0 Å². The summed E-state index contributed by atoms with van der Waals surface area (Å²) in [5.41, 5.74) is 2.15. The van der Waals surface area contributed by atoms with Crippen molar-refractivity contribution in [3.63, 3.8) is 0 Å². The third-order valence-electron chi connectivity index (χ3n) is 4.00. The smallest absolute Gasteiger partial charge is 0.195 e. The van der Waals surface area contributed by atoms with Crippen LogP contribution in [-0.4, -0.2) is 43.0 Å². The lowest BCUT2D eigenvalue weighted by molar-refractivity contribution is 0.271. The summed E-state index contributed by atoms with van der Waals surface area (Å²) in [7, 11) is -1.74. The van der Waals surface area contributed by atoms with Crippen LogP contribution in [0.2, 0.25) is 0 Å². The predicted molar refractivity (Wildman–Crippen MR) is 86.6 cm³/mol. The second-order valence-corrected chi connectivity index (χ2v) is 8.09. The van der Waals surface area contributed by atoms with Crippen LogP contribution >= 0.6 is 11.6 Å². The second-order valence-electron chi connectivity index (χ2n) is 5.75. The number of hydrogen-bond donors (Lipinski definition) is 0. The fourth-order valence-electron chi connectivity index (χ4n) is 2.64. The summed E-state index contributed by atoms with van der Waals surface area (Å²) in [6.45, 7) is 3.55. The van der Waals surface area contributed by atoms with E-state index in [2.05, 4.69) is 0 Å². The Kier molecular flexibility index (Phi) is 5.66. The van der Waals surface area contributed by atoms with E-state index < -0.39 is 10.2 Å². The first-order valence-electron chi connectivity index (χ1n) is 7.26. The highest BCUT2D eigenvalue weighted by Crippen LogP contribution is 2.22.